The van der Waals surface area contributed by atoms with E-state index in [0.29, 0.717) is 23.5 Å². The normalized spacial score (nSPS) is 20.2. The molecule has 27 heavy (non-hydrogen) atoms. The number of nitrogens with zero attached hydrogens (tertiary/aromatic N) is 4. The number of hydrogen-bond acceptors (Lipinski definition) is 6. The van der Waals surface area contributed by atoms with Gasteiger partial charge in [-0.25, -0.2) is 14.8 Å². The Hall–Kier alpha value is -2.88. The van der Waals surface area contributed by atoms with E-state index in [-0.39, 0.29) is 6.04 Å². The first kappa shape index (κ1) is 18.9. The van der Waals surface area contributed by atoms with Crippen LogP contribution in [0.5, 0.6) is 0 Å². The van der Waals surface area contributed by atoms with E-state index >= 15 is 0 Å². The average molecular weight is 367 g/mol. The zero-order valence-corrected chi connectivity index (χ0v) is 16.2. The topological polar surface area (TPSA) is 91.1 Å². The van der Waals surface area contributed by atoms with Crippen LogP contribution in [-0.4, -0.2) is 40.8 Å². The van der Waals surface area contributed by atoms with Crippen molar-refractivity contribution in [3.05, 3.63) is 30.2 Å². The molecule has 0 radical (unpaired) electrons. The van der Waals surface area contributed by atoms with Gasteiger partial charge in [0, 0.05) is 36.4 Å². The van der Waals surface area contributed by atoms with Crippen LogP contribution in [0.4, 0.5) is 10.5 Å². The van der Waals surface area contributed by atoms with E-state index in [1.807, 2.05) is 26.8 Å². The van der Waals surface area contributed by atoms with Crippen LogP contribution >= 0.6 is 0 Å². The highest BCUT2D eigenvalue weighted by Gasteiger charge is 2.28. The first-order valence-corrected chi connectivity index (χ1v) is 9.14. The average Bonchev–Trinajstić information content (AvgIpc) is 2.58. The van der Waals surface area contributed by atoms with Gasteiger partial charge < -0.3 is 15.0 Å². The number of fused-ring (bicyclic) bond motifs is 1. The van der Waals surface area contributed by atoms with Crippen molar-refractivity contribution in [2.24, 2.45) is 5.92 Å². The molecule has 0 aliphatic carbocycles. The fourth-order valence-corrected chi connectivity index (χ4v) is 3.56. The first-order valence-electron chi connectivity index (χ1n) is 9.14. The Morgan fingerprint density at radius 3 is 2.85 bits per heavy atom. The lowest BCUT2D eigenvalue weighted by molar-refractivity contribution is 0.0495. The van der Waals surface area contributed by atoms with Crippen LogP contribution in [0.15, 0.2) is 24.7 Å². The molecule has 3 rings (SSSR count). The molecule has 2 atom stereocenters. The van der Waals surface area contributed by atoms with Crippen molar-refractivity contribution in [2.75, 3.05) is 18.0 Å². The number of aromatic nitrogens is 2. The van der Waals surface area contributed by atoms with Crippen LogP contribution < -0.4 is 10.2 Å². The van der Waals surface area contributed by atoms with E-state index in [1.165, 1.54) is 6.33 Å². The molecule has 7 heteroatoms. The molecule has 1 amide bonds. The van der Waals surface area contributed by atoms with Gasteiger partial charge in [-0.05, 0) is 45.2 Å². The molecule has 1 fully saturated rings. The van der Waals surface area contributed by atoms with Gasteiger partial charge in [0.05, 0.1) is 11.1 Å². The maximum absolute atomic E-state index is 12.2. The molecule has 1 saturated heterocycles. The Bertz CT molecular complexity index is 884. The predicted octanol–water partition coefficient (Wildman–Crippen LogP) is 3.24. The van der Waals surface area contributed by atoms with Crippen molar-refractivity contribution in [3.8, 4) is 6.07 Å². The van der Waals surface area contributed by atoms with Crippen LogP contribution in [0.3, 0.4) is 0 Å². The van der Waals surface area contributed by atoms with Crippen LogP contribution in [0.25, 0.3) is 10.9 Å². The largest absolute Gasteiger partial charge is 0.444 e. The van der Waals surface area contributed by atoms with E-state index in [0.717, 1.165) is 24.0 Å². The molecule has 2 aromatic rings. The molecule has 0 bridgehead atoms. The van der Waals surface area contributed by atoms with Crippen LogP contribution in [0.2, 0.25) is 0 Å². The number of nitrogens with one attached hydrogen (secondary N) is 1. The second kappa shape index (κ2) is 7.39. The van der Waals surface area contributed by atoms with Crippen molar-refractivity contribution in [3.63, 3.8) is 0 Å². The molecule has 0 unspecified atom stereocenters. The van der Waals surface area contributed by atoms with Crippen LogP contribution in [0, 0.1) is 17.2 Å². The summed E-state index contributed by atoms with van der Waals surface area (Å²) in [5.74, 6) is 0.397. The number of ether oxygens (including phenoxy) is 1. The number of carbonyl (C=O) groups excluding carboxylic acids is 1. The van der Waals surface area contributed by atoms with Gasteiger partial charge >= 0.3 is 6.09 Å². The lowest BCUT2D eigenvalue weighted by atomic mass is 9.95. The van der Waals surface area contributed by atoms with Crippen LogP contribution in [-0.2, 0) is 4.74 Å². The molecule has 0 saturated carbocycles. The van der Waals surface area contributed by atoms with Crippen molar-refractivity contribution in [1.29, 1.82) is 5.26 Å². The molecule has 1 N–H and O–H groups in total. The number of anilines is 1. The summed E-state index contributed by atoms with van der Waals surface area (Å²) in [5, 5.41) is 13.2. The molecule has 7 nitrogen and oxygen atoms in total. The van der Waals surface area contributed by atoms with Gasteiger partial charge in [-0.3, -0.25) is 0 Å². The Morgan fingerprint density at radius 1 is 1.37 bits per heavy atom. The minimum absolute atomic E-state index is 0.0149. The smallest absolute Gasteiger partial charge is 0.407 e. The van der Waals surface area contributed by atoms with Gasteiger partial charge in [-0.1, -0.05) is 6.92 Å². The van der Waals surface area contributed by atoms with Gasteiger partial charge in [0.15, 0.2) is 0 Å². The summed E-state index contributed by atoms with van der Waals surface area (Å²) in [6.07, 6.45) is 3.70. The number of nitriles is 1. The van der Waals surface area contributed by atoms with Gasteiger partial charge in [0.25, 0.3) is 0 Å². The molecule has 142 valence electrons. The number of piperidine rings is 1. The zero-order chi connectivity index (χ0) is 19.6. The van der Waals surface area contributed by atoms with E-state index in [9.17, 15) is 10.1 Å². The summed E-state index contributed by atoms with van der Waals surface area (Å²) in [4.78, 5) is 22.8. The summed E-state index contributed by atoms with van der Waals surface area (Å²) in [7, 11) is 0. The minimum Gasteiger partial charge on any atom is -0.444 e. The highest BCUT2D eigenvalue weighted by molar-refractivity contribution is 5.94. The summed E-state index contributed by atoms with van der Waals surface area (Å²) in [6.45, 7) is 9.25. The standard InChI is InChI=1S/C20H25N5O2/c1-13-7-15(24-19(26)27-20(2,3)4)11-25(10-13)17-6-5-14(8-21)18-16(17)9-22-12-23-18/h5-6,9,12-13,15H,7,10-11H2,1-4H3,(H,24,26)/t13-,15+/m0/s1. The third-order valence-electron chi connectivity index (χ3n) is 4.49. The van der Waals surface area contributed by atoms with Crippen molar-refractivity contribution >= 4 is 22.7 Å². The van der Waals surface area contributed by atoms with Gasteiger partial charge in [-0.15, -0.1) is 0 Å². The van der Waals surface area contributed by atoms with E-state index in [2.05, 4.69) is 33.2 Å². The molecule has 1 aliphatic rings. The van der Waals surface area contributed by atoms with Crippen molar-refractivity contribution < 1.29 is 9.53 Å². The number of alkyl carbamates (subject to hydrolysis) is 1. The fraction of sp³-hybridized carbons (Fsp3) is 0.500. The summed E-state index contributed by atoms with van der Waals surface area (Å²) in [6, 6.07) is 5.90. The van der Waals surface area contributed by atoms with Crippen LogP contribution in [0.1, 0.15) is 39.7 Å². The van der Waals surface area contributed by atoms with Gasteiger partial charge in [0.1, 0.15) is 18.0 Å². The Morgan fingerprint density at radius 2 is 2.15 bits per heavy atom. The molecule has 0 spiro atoms. The maximum atomic E-state index is 12.2. The molecule has 2 heterocycles. The quantitative estimate of drug-likeness (QED) is 0.876. The first-order chi connectivity index (χ1) is 12.8. The molecular formula is C20H25N5O2. The van der Waals surface area contributed by atoms with Gasteiger partial charge in [-0.2, -0.15) is 5.26 Å². The molecule has 1 aromatic carbocycles. The third-order valence-corrected chi connectivity index (χ3v) is 4.49. The number of rotatable bonds is 2. The Balaban J connectivity index is 1.84. The van der Waals surface area contributed by atoms with E-state index in [4.69, 9.17) is 4.74 Å². The maximum Gasteiger partial charge on any atom is 0.407 e. The minimum atomic E-state index is -0.523. The Kier molecular flexibility index (Phi) is 5.17. The lowest BCUT2D eigenvalue weighted by Crippen LogP contribution is -2.51. The van der Waals surface area contributed by atoms with Crippen molar-refractivity contribution in [2.45, 2.75) is 45.8 Å². The molecule has 1 aromatic heterocycles. The van der Waals surface area contributed by atoms with Gasteiger partial charge in [0.2, 0.25) is 0 Å². The summed E-state index contributed by atoms with van der Waals surface area (Å²) in [5.41, 5.74) is 1.64. The second-order valence-electron chi connectivity index (χ2n) is 8.12. The monoisotopic (exact) mass is 367 g/mol. The molecule has 1 aliphatic heterocycles. The van der Waals surface area contributed by atoms with Crippen molar-refractivity contribution in [1.82, 2.24) is 15.3 Å². The SMILES string of the molecule is C[C@H]1C[C@@H](NC(=O)OC(C)(C)C)CN(c2ccc(C#N)c3ncncc23)C1. The zero-order valence-electron chi connectivity index (χ0n) is 16.2. The fourth-order valence-electron chi connectivity index (χ4n) is 3.56. The highest BCUT2D eigenvalue weighted by Crippen LogP contribution is 2.31. The molecular weight excluding hydrogens is 342 g/mol. The third kappa shape index (κ3) is 4.45. The number of carbonyl (C=O) groups is 1. The number of hydrogen-bond donors (Lipinski definition) is 1. The van der Waals surface area contributed by atoms with E-state index in [1.54, 1.807) is 12.3 Å². The van der Waals surface area contributed by atoms with E-state index < -0.39 is 11.7 Å². The Labute approximate surface area is 159 Å². The number of benzene rings is 1. The summed E-state index contributed by atoms with van der Waals surface area (Å²) >= 11 is 0. The highest BCUT2D eigenvalue weighted by atomic mass is 16.6. The second-order valence-corrected chi connectivity index (χ2v) is 8.12. The number of amides is 1. The lowest BCUT2D eigenvalue weighted by Gasteiger charge is -2.38. The summed E-state index contributed by atoms with van der Waals surface area (Å²) < 4.78 is 5.39. The predicted molar refractivity (Wildman–Crippen MR) is 103 cm³/mol.